The zero-order valence-electron chi connectivity index (χ0n) is 9.08. The number of benzene rings is 1. The van der Waals surface area contributed by atoms with Gasteiger partial charge in [0.2, 0.25) is 5.91 Å². The minimum absolute atomic E-state index is 0.0723. The molecule has 1 amide bonds. The Morgan fingerprint density at radius 2 is 2.00 bits per heavy atom. The van der Waals surface area contributed by atoms with Gasteiger partial charge in [-0.15, -0.1) is 0 Å². The van der Waals surface area contributed by atoms with Crippen LogP contribution >= 0.6 is 0 Å². The Kier molecular flexibility index (Phi) is 2.58. The van der Waals surface area contributed by atoms with Crippen LogP contribution in [0.5, 0.6) is 0 Å². The molecule has 1 aromatic rings. The van der Waals surface area contributed by atoms with Crippen molar-refractivity contribution in [2.45, 2.75) is 26.3 Å². The lowest BCUT2D eigenvalue weighted by molar-refractivity contribution is -0.116. The van der Waals surface area contributed by atoms with Crippen molar-refractivity contribution in [3.05, 3.63) is 41.0 Å². The summed E-state index contributed by atoms with van der Waals surface area (Å²) < 4.78 is 0. The average molecular weight is 201 g/mol. The molecule has 15 heavy (non-hydrogen) atoms. The predicted octanol–water partition coefficient (Wildman–Crippen LogP) is 2.29. The molecule has 1 fully saturated rings. The number of amides is 1. The number of hydrogen-bond donors (Lipinski definition) is 1. The first-order chi connectivity index (χ1) is 7.15. The van der Waals surface area contributed by atoms with E-state index in [-0.39, 0.29) is 11.9 Å². The van der Waals surface area contributed by atoms with Gasteiger partial charge in [0.25, 0.3) is 0 Å². The van der Waals surface area contributed by atoms with Gasteiger partial charge in [0.15, 0.2) is 0 Å². The Morgan fingerprint density at radius 3 is 2.53 bits per heavy atom. The monoisotopic (exact) mass is 201 g/mol. The molecule has 0 radical (unpaired) electrons. The molecule has 1 aliphatic rings. The third kappa shape index (κ3) is 2.27. The molecule has 0 spiro atoms. The van der Waals surface area contributed by atoms with Gasteiger partial charge in [-0.05, 0) is 31.9 Å². The number of carbonyl (C=O) groups is 1. The maximum Gasteiger partial charge on any atom is 0.247 e. The molecule has 0 aliphatic carbocycles. The van der Waals surface area contributed by atoms with Crippen LogP contribution < -0.4 is 5.32 Å². The third-order valence-corrected chi connectivity index (χ3v) is 2.61. The molecule has 2 nitrogen and oxygen atoms in total. The predicted molar refractivity (Wildman–Crippen MR) is 61.4 cm³/mol. The van der Waals surface area contributed by atoms with Crippen molar-refractivity contribution in [2.75, 3.05) is 0 Å². The van der Waals surface area contributed by atoms with Crippen molar-refractivity contribution in [1.29, 1.82) is 0 Å². The van der Waals surface area contributed by atoms with E-state index in [1.807, 2.05) is 25.1 Å². The minimum Gasteiger partial charge on any atom is -0.350 e. The van der Waals surface area contributed by atoms with Gasteiger partial charge in [-0.3, -0.25) is 4.79 Å². The average Bonchev–Trinajstić information content (AvgIpc) is 2.49. The van der Waals surface area contributed by atoms with Gasteiger partial charge in [0.1, 0.15) is 0 Å². The van der Waals surface area contributed by atoms with E-state index in [9.17, 15) is 4.79 Å². The Balaban J connectivity index is 2.23. The van der Waals surface area contributed by atoms with E-state index in [4.69, 9.17) is 0 Å². The summed E-state index contributed by atoms with van der Waals surface area (Å²) in [5.41, 5.74) is 3.22. The van der Waals surface area contributed by atoms with Crippen molar-refractivity contribution in [2.24, 2.45) is 0 Å². The molecule has 0 saturated carbocycles. The lowest BCUT2D eigenvalue weighted by atomic mass is 10.1. The summed E-state index contributed by atoms with van der Waals surface area (Å²) in [6.07, 6.45) is 2.80. The van der Waals surface area contributed by atoms with Crippen LogP contribution in [0.15, 0.2) is 29.8 Å². The Bertz CT molecular complexity index is 403. The van der Waals surface area contributed by atoms with Crippen molar-refractivity contribution >= 4 is 12.0 Å². The summed E-state index contributed by atoms with van der Waals surface area (Å²) in [5.74, 6) is 0.0723. The summed E-state index contributed by atoms with van der Waals surface area (Å²) >= 11 is 0. The quantitative estimate of drug-likeness (QED) is 0.694. The van der Waals surface area contributed by atoms with Crippen LogP contribution in [0.4, 0.5) is 0 Å². The molecule has 1 saturated heterocycles. The van der Waals surface area contributed by atoms with Gasteiger partial charge in [0.05, 0.1) is 0 Å². The highest BCUT2D eigenvalue weighted by molar-refractivity contribution is 6.00. The SMILES string of the molecule is Cc1ccc(/C=C2\CC(C)NC2=O)cc1. The normalized spacial score (nSPS) is 23.2. The zero-order valence-corrected chi connectivity index (χ0v) is 9.08. The molecule has 1 atom stereocenters. The molecular formula is C13H15NO. The maximum atomic E-state index is 11.5. The van der Waals surface area contributed by atoms with Crippen LogP contribution in [0.25, 0.3) is 6.08 Å². The van der Waals surface area contributed by atoms with Crippen LogP contribution in [-0.2, 0) is 4.79 Å². The van der Waals surface area contributed by atoms with Crippen LogP contribution in [0.3, 0.4) is 0 Å². The topological polar surface area (TPSA) is 29.1 Å². The molecule has 78 valence electrons. The van der Waals surface area contributed by atoms with Crippen LogP contribution in [-0.4, -0.2) is 11.9 Å². The van der Waals surface area contributed by atoms with E-state index in [1.165, 1.54) is 5.56 Å². The highest BCUT2D eigenvalue weighted by Gasteiger charge is 2.22. The molecule has 0 bridgehead atoms. The smallest absolute Gasteiger partial charge is 0.247 e. The number of aryl methyl sites for hydroxylation is 1. The summed E-state index contributed by atoms with van der Waals surface area (Å²) in [6, 6.07) is 8.47. The van der Waals surface area contributed by atoms with E-state index in [0.717, 1.165) is 17.6 Å². The lowest BCUT2D eigenvalue weighted by Crippen LogP contribution is -2.21. The van der Waals surface area contributed by atoms with Crippen LogP contribution in [0.2, 0.25) is 0 Å². The molecular weight excluding hydrogens is 186 g/mol. The van der Waals surface area contributed by atoms with Gasteiger partial charge in [-0.2, -0.15) is 0 Å². The van der Waals surface area contributed by atoms with Crippen LogP contribution in [0, 0.1) is 6.92 Å². The Labute approximate surface area is 90.0 Å². The fraction of sp³-hybridized carbons (Fsp3) is 0.308. The number of rotatable bonds is 1. The van der Waals surface area contributed by atoms with Crippen molar-refractivity contribution in [3.63, 3.8) is 0 Å². The van der Waals surface area contributed by atoms with E-state index in [1.54, 1.807) is 0 Å². The molecule has 1 unspecified atom stereocenters. The summed E-state index contributed by atoms with van der Waals surface area (Å²) in [7, 11) is 0. The number of hydrogen-bond acceptors (Lipinski definition) is 1. The molecule has 1 N–H and O–H groups in total. The standard InChI is InChI=1S/C13H15NO/c1-9-3-5-11(6-4-9)8-12-7-10(2)14-13(12)15/h3-6,8,10H,7H2,1-2H3,(H,14,15)/b12-8+. The van der Waals surface area contributed by atoms with Gasteiger partial charge in [-0.25, -0.2) is 0 Å². The minimum atomic E-state index is 0.0723. The molecule has 1 aliphatic heterocycles. The van der Waals surface area contributed by atoms with Crippen LogP contribution in [0.1, 0.15) is 24.5 Å². The van der Waals surface area contributed by atoms with E-state index in [0.29, 0.717) is 0 Å². The van der Waals surface area contributed by atoms with Crippen molar-refractivity contribution < 1.29 is 4.79 Å². The van der Waals surface area contributed by atoms with Gasteiger partial charge in [-0.1, -0.05) is 29.8 Å². The van der Waals surface area contributed by atoms with Crippen molar-refractivity contribution in [3.8, 4) is 0 Å². The summed E-state index contributed by atoms with van der Waals surface area (Å²) in [6.45, 7) is 4.08. The second-order valence-corrected chi connectivity index (χ2v) is 4.16. The first kappa shape index (κ1) is 9.97. The van der Waals surface area contributed by atoms with E-state index >= 15 is 0 Å². The number of nitrogens with one attached hydrogen (secondary N) is 1. The second-order valence-electron chi connectivity index (χ2n) is 4.16. The van der Waals surface area contributed by atoms with E-state index in [2.05, 4.69) is 24.4 Å². The molecule has 1 aromatic carbocycles. The fourth-order valence-corrected chi connectivity index (χ4v) is 1.78. The summed E-state index contributed by atoms with van der Waals surface area (Å²) in [4.78, 5) is 11.5. The molecule has 2 rings (SSSR count). The van der Waals surface area contributed by atoms with Crippen molar-refractivity contribution in [1.82, 2.24) is 5.32 Å². The van der Waals surface area contributed by atoms with Gasteiger partial charge >= 0.3 is 0 Å². The second kappa shape index (κ2) is 3.89. The molecule has 0 aromatic heterocycles. The Morgan fingerprint density at radius 1 is 1.33 bits per heavy atom. The first-order valence-corrected chi connectivity index (χ1v) is 5.23. The van der Waals surface area contributed by atoms with E-state index < -0.39 is 0 Å². The maximum absolute atomic E-state index is 11.5. The lowest BCUT2D eigenvalue weighted by Gasteiger charge is -1.96. The largest absolute Gasteiger partial charge is 0.350 e. The van der Waals surface area contributed by atoms with Gasteiger partial charge in [0, 0.05) is 11.6 Å². The summed E-state index contributed by atoms with van der Waals surface area (Å²) in [5, 5.41) is 2.89. The van der Waals surface area contributed by atoms with Gasteiger partial charge < -0.3 is 5.32 Å². The highest BCUT2D eigenvalue weighted by Crippen LogP contribution is 2.17. The highest BCUT2D eigenvalue weighted by atomic mass is 16.2. The number of carbonyl (C=O) groups excluding carboxylic acids is 1. The first-order valence-electron chi connectivity index (χ1n) is 5.23. The third-order valence-electron chi connectivity index (χ3n) is 2.61. The fourth-order valence-electron chi connectivity index (χ4n) is 1.78. The Hall–Kier alpha value is -1.57. The molecule has 2 heteroatoms. The zero-order chi connectivity index (χ0) is 10.8. The molecule has 1 heterocycles.